The van der Waals surface area contributed by atoms with Crippen molar-refractivity contribution in [2.75, 3.05) is 12.9 Å². The smallest absolute Gasteiger partial charge is 0.264 e. The lowest BCUT2D eigenvalue weighted by molar-refractivity contribution is -0.181. The first-order valence-electron chi connectivity index (χ1n) is 4.15. The van der Waals surface area contributed by atoms with Gasteiger partial charge in [0.15, 0.2) is 0 Å². The van der Waals surface area contributed by atoms with E-state index in [1.165, 1.54) is 0 Å². The van der Waals surface area contributed by atoms with Crippen LogP contribution in [0.5, 0.6) is 0 Å². The molecule has 0 heterocycles. The minimum Gasteiger partial charge on any atom is -0.270 e. The van der Waals surface area contributed by atoms with E-state index in [4.69, 9.17) is 9.44 Å². The molecule has 0 aromatic heterocycles. The lowest BCUT2D eigenvalue weighted by Crippen LogP contribution is -2.63. The molecule has 4 nitrogen and oxygen atoms in total. The molecule has 3 aliphatic rings. The third-order valence-electron chi connectivity index (χ3n) is 2.96. The fourth-order valence-corrected chi connectivity index (χ4v) is 2.97. The van der Waals surface area contributed by atoms with E-state index in [0.717, 1.165) is 25.5 Å². The van der Waals surface area contributed by atoms with Gasteiger partial charge in [-0.15, -0.1) is 0 Å². The highest BCUT2D eigenvalue weighted by Crippen LogP contribution is 2.73. The average molecular weight is 201 g/mol. The van der Waals surface area contributed by atoms with Crippen LogP contribution >= 0.6 is 0 Å². The monoisotopic (exact) mass is 201 g/mol. The molecule has 0 aliphatic heterocycles. The van der Waals surface area contributed by atoms with Crippen LogP contribution in [0.4, 0.5) is 0 Å². The van der Waals surface area contributed by atoms with Gasteiger partial charge in [0.05, 0.1) is 24.3 Å². The summed E-state index contributed by atoms with van der Waals surface area (Å²) < 4.78 is 26.1. The molecule has 13 heavy (non-hydrogen) atoms. The van der Waals surface area contributed by atoms with E-state index in [2.05, 4.69) is 6.07 Å². The maximum absolute atomic E-state index is 10.7. The quantitative estimate of drug-likeness (QED) is 0.629. The van der Waals surface area contributed by atoms with Gasteiger partial charge in [-0.3, -0.25) is 4.18 Å². The maximum atomic E-state index is 10.7. The molecule has 0 N–H and O–H groups in total. The van der Waals surface area contributed by atoms with Crippen LogP contribution in [0.15, 0.2) is 0 Å². The molecule has 0 amide bonds. The van der Waals surface area contributed by atoms with E-state index in [1.807, 2.05) is 0 Å². The Balaban J connectivity index is 1.86. The van der Waals surface area contributed by atoms with Gasteiger partial charge in [0.1, 0.15) is 0 Å². The molecule has 0 spiro atoms. The van der Waals surface area contributed by atoms with E-state index in [-0.39, 0.29) is 17.4 Å². The van der Waals surface area contributed by atoms with E-state index in [1.54, 1.807) is 0 Å². The summed E-state index contributed by atoms with van der Waals surface area (Å²) in [7, 11) is -3.32. The van der Waals surface area contributed by atoms with Crippen molar-refractivity contribution in [1.29, 1.82) is 5.26 Å². The highest BCUT2D eigenvalue weighted by atomic mass is 32.2. The van der Waals surface area contributed by atoms with E-state index >= 15 is 0 Å². The first kappa shape index (κ1) is 8.97. The molecule has 0 radical (unpaired) electrons. The molecule has 2 bridgehead atoms. The first-order chi connectivity index (χ1) is 5.89. The summed E-state index contributed by atoms with van der Waals surface area (Å²) in [5.41, 5.74) is -0.111. The summed E-state index contributed by atoms with van der Waals surface area (Å²) in [6, 6.07) is 2.26. The summed E-state index contributed by atoms with van der Waals surface area (Å²) >= 11 is 0. The van der Waals surface area contributed by atoms with Gasteiger partial charge in [-0.1, -0.05) is 0 Å². The highest BCUT2D eigenvalue weighted by molar-refractivity contribution is 7.85. The van der Waals surface area contributed by atoms with Crippen molar-refractivity contribution < 1.29 is 12.6 Å². The fourth-order valence-electron chi connectivity index (χ4n) is 2.50. The summed E-state index contributed by atoms with van der Waals surface area (Å²) in [6.07, 6.45) is 3.49. The van der Waals surface area contributed by atoms with Crippen LogP contribution in [-0.2, 0) is 14.3 Å². The molecule has 0 aromatic carbocycles. The van der Waals surface area contributed by atoms with Crippen molar-refractivity contribution in [3.05, 3.63) is 0 Å². The Morgan fingerprint density at radius 2 is 2.00 bits per heavy atom. The molecule has 0 saturated heterocycles. The summed E-state index contributed by atoms with van der Waals surface area (Å²) in [5, 5.41) is 8.72. The van der Waals surface area contributed by atoms with Gasteiger partial charge in [-0.2, -0.15) is 13.7 Å². The minimum absolute atomic E-state index is 0.0127. The molecule has 5 heteroatoms. The zero-order valence-electron chi connectivity index (χ0n) is 7.41. The molecular weight excluding hydrogens is 190 g/mol. The van der Waals surface area contributed by atoms with Crippen LogP contribution in [-0.4, -0.2) is 21.3 Å². The van der Waals surface area contributed by atoms with E-state index in [9.17, 15) is 8.42 Å². The first-order valence-corrected chi connectivity index (χ1v) is 5.96. The standard InChI is InChI=1S/C8H11NO3S/c1-13(10,11)12-6-8-2-7(3-8,4-8)5-9/h2-4,6H2,1H3. The third kappa shape index (κ3) is 1.34. The Morgan fingerprint density at radius 3 is 2.38 bits per heavy atom. The summed E-state index contributed by atoms with van der Waals surface area (Å²) in [6.45, 7) is 0.259. The van der Waals surface area contributed by atoms with Gasteiger partial charge < -0.3 is 0 Å². The highest BCUT2D eigenvalue weighted by Gasteiger charge is 2.68. The molecule has 0 aromatic rings. The van der Waals surface area contributed by atoms with Crippen LogP contribution in [0.1, 0.15) is 19.3 Å². The Hall–Kier alpha value is -0.600. The second-order valence-electron chi connectivity index (χ2n) is 4.39. The van der Waals surface area contributed by atoms with Gasteiger partial charge in [0.2, 0.25) is 0 Å². The van der Waals surface area contributed by atoms with Crippen molar-refractivity contribution in [3.63, 3.8) is 0 Å². The van der Waals surface area contributed by atoms with Crippen molar-refractivity contribution in [2.24, 2.45) is 10.8 Å². The molecular formula is C8H11NO3S. The van der Waals surface area contributed by atoms with Crippen LogP contribution < -0.4 is 0 Å². The van der Waals surface area contributed by atoms with Crippen LogP contribution in [0.25, 0.3) is 0 Å². The fraction of sp³-hybridized carbons (Fsp3) is 0.875. The summed E-state index contributed by atoms with van der Waals surface area (Å²) in [4.78, 5) is 0. The lowest BCUT2D eigenvalue weighted by atomic mass is 9.36. The zero-order valence-corrected chi connectivity index (χ0v) is 8.23. The topological polar surface area (TPSA) is 67.2 Å². The molecule has 3 rings (SSSR count). The normalized spacial score (nSPS) is 41.5. The lowest BCUT2D eigenvalue weighted by Gasteiger charge is -2.66. The van der Waals surface area contributed by atoms with E-state index < -0.39 is 10.1 Å². The molecule has 72 valence electrons. The SMILES string of the molecule is CS(=O)(=O)OCC12CC(C#N)(C1)C2. The maximum Gasteiger partial charge on any atom is 0.264 e. The molecule has 3 fully saturated rings. The minimum atomic E-state index is -3.32. The van der Waals surface area contributed by atoms with Crippen LogP contribution in [0, 0.1) is 22.2 Å². The molecule has 0 atom stereocenters. The Bertz CT molecular complexity index is 359. The predicted octanol–water partition coefficient (Wildman–Crippen LogP) is 0.656. The van der Waals surface area contributed by atoms with Gasteiger partial charge in [-0.25, -0.2) is 0 Å². The van der Waals surface area contributed by atoms with Crippen LogP contribution in [0.3, 0.4) is 0 Å². The largest absolute Gasteiger partial charge is 0.270 e. The van der Waals surface area contributed by atoms with Gasteiger partial charge in [-0.05, 0) is 24.7 Å². The number of rotatable bonds is 3. The second kappa shape index (κ2) is 2.25. The van der Waals surface area contributed by atoms with Gasteiger partial charge in [0.25, 0.3) is 10.1 Å². The van der Waals surface area contributed by atoms with Crippen molar-refractivity contribution >= 4 is 10.1 Å². The Morgan fingerprint density at radius 1 is 1.46 bits per heavy atom. The molecule has 3 aliphatic carbocycles. The number of nitriles is 1. The van der Waals surface area contributed by atoms with Crippen molar-refractivity contribution in [3.8, 4) is 6.07 Å². The predicted molar refractivity (Wildman–Crippen MR) is 45.1 cm³/mol. The van der Waals surface area contributed by atoms with Crippen molar-refractivity contribution in [1.82, 2.24) is 0 Å². The average Bonchev–Trinajstić information content (AvgIpc) is 1.79. The number of hydrogen-bond acceptors (Lipinski definition) is 4. The number of hydrogen-bond donors (Lipinski definition) is 0. The zero-order chi connectivity index (χ0) is 9.74. The Kier molecular flexibility index (Phi) is 1.55. The second-order valence-corrected chi connectivity index (χ2v) is 6.03. The molecule has 3 saturated carbocycles. The van der Waals surface area contributed by atoms with Gasteiger partial charge >= 0.3 is 0 Å². The van der Waals surface area contributed by atoms with Crippen molar-refractivity contribution in [2.45, 2.75) is 19.3 Å². The van der Waals surface area contributed by atoms with E-state index in [0.29, 0.717) is 0 Å². The number of nitrogens with zero attached hydrogens (tertiary/aromatic N) is 1. The third-order valence-corrected chi connectivity index (χ3v) is 3.50. The van der Waals surface area contributed by atoms with Gasteiger partial charge in [0, 0.05) is 0 Å². The van der Waals surface area contributed by atoms with Crippen LogP contribution in [0.2, 0.25) is 0 Å². The summed E-state index contributed by atoms with van der Waals surface area (Å²) in [5.74, 6) is 0. The molecule has 0 unspecified atom stereocenters. The Labute approximate surface area is 77.6 Å².